The van der Waals surface area contributed by atoms with Crippen LogP contribution < -0.4 is 9.64 Å². The van der Waals surface area contributed by atoms with Gasteiger partial charge in [0.25, 0.3) is 5.69 Å². The van der Waals surface area contributed by atoms with Crippen LogP contribution in [0.5, 0.6) is 5.75 Å². The van der Waals surface area contributed by atoms with Gasteiger partial charge >= 0.3 is 0 Å². The average Bonchev–Trinajstić information content (AvgIpc) is 3.10. The standard InChI is InChI=1S/C26H20N2O5/c1-26-17-9-5-3-7-15(17)21(16-8-4-6-10-18(16)26)22-23(26)25(30)27(24(22)29)19-13-14(28(31)32)11-12-20(19)33-2/h3-13,21-23H,1-2H3/t21?,22-,23+,26?/m1/s1. The molecule has 4 aliphatic rings. The van der Waals surface area contributed by atoms with Crippen LogP contribution >= 0.6 is 0 Å². The Morgan fingerprint density at radius 2 is 1.55 bits per heavy atom. The molecule has 0 N–H and O–H groups in total. The minimum atomic E-state index is -0.692. The molecule has 1 fully saturated rings. The van der Waals surface area contributed by atoms with E-state index in [0.29, 0.717) is 0 Å². The number of methoxy groups -OCH3 is 1. The van der Waals surface area contributed by atoms with E-state index in [4.69, 9.17) is 4.74 Å². The van der Waals surface area contributed by atoms with Crippen LogP contribution in [0, 0.1) is 22.0 Å². The van der Waals surface area contributed by atoms with Crippen LogP contribution in [0.2, 0.25) is 0 Å². The summed E-state index contributed by atoms with van der Waals surface area (Å²) in [5, 5.41) is 11.4. The second kappa shape index (κ2) is 6.51. The number of nitro benzene ring substituents is 1. The van der Waals surface area contributed by atoms with Crippen molar-refractivity contribution in [2.45, 2.75) is 18.3 Å². The normalized spacial score (nSPS) is 26.6. The van der Waals surface area contributed by atoms with Gasteiger partial charge in [-0.1, -0.05) is 55.5 Å². The lowest BCUT2D eigenvalue weighted by molar-refractivity contribution is -0.384. The molecular formula is C26H20N2O5. The van der Waals surface area contributed by atoms with E-state index >= 15 is 0 Å². The van der Waals surface area contributed by atoms with Crippen molar-refractivity contribution in [1.29, 1.82) is 0 Å². The van der Waals surface area contributed by atoms with Crippen molar-refractivity contribution in [2.75, 3.05) is 12.0 Å². The van der Waals surface area contributed by atoms with E-state index in [1.165, 1.54) is 25.3 Å². The highest BCUT2D eigenvalue weighted by molar-refractivity contribution is 6.24. The van der Waals surface area contributed by atoms with E-state index in [2.05, 4.69) is 0 Å². The molecule has 3 aromatic rings. The van der Waals surface area contributed by atoms with Crippen molar-refractivity contribution in [1.82, 2.24) is 0 Å². The highest BCUT2D eigenvalue weighted by atomic mass is 16.6. The van der Waals surface area contributed by atoms with Gasteiger partial charge in [-0.25, -0.2) is 4.90 Å². The van der Waals surface area contributed by atoms with E-state index in [1.807, 2.05) is 55.5 Å². The van der Waals surface area contributed by atoms with Gasteiger partial charge in [-0.3, -0.25) is 19.7 Å². The molecule has 2 bridgehead atoms. The van der Waals surface area contributed by atoms with Crippen LogP contribution in [0.1, 0.15) is 35.1 Å². The van der Waals surface area contributed by atoms with Gasteiger partial charge in [0.2, 0.25) is 11.8 Å². The van der Waals surface area contributed by atoms with Crippen LogP contribution in [0.3, 0.4) is 0 Å². The topological polar surface area (TPSA) is 89.8 Å². The molecule has 3 aliphatic carbocycles. The van der Waals surface area contributed by atoms with Crippen molar-refractivity contribution in [2.24, 2.45) is 11.8 Å². The van der Waals surface area contributed by atoms with Crippen molar-refractivity contribution >= 4 is 23.2 Å². The van der Waals surface area contributed by atoms with Gasteiger partial charge in [0.1, 0.15) is 11.4 Å². The molecule has 0 radical (unpaired) electrons. The third kappa shape index (κ3) is 2.29. The maximum absolute atomic E-state index is 14.0. The van der Waals surface area contributed by atoms with E-state index in [9.17, 15) is 19.7 Å². The monoisotopic (exact) mass is 440 g/mol. The lowest BCUT2D eigenvalue weighted by atomic mass is 9.48. The smallest absolute Gasteiger partial charge is 0.271 e. The summed E-state index contributed by atoms with van der Waals surface area (Å²) < 4.78 is 5.39. The second-order valence-corrected chi connectivity index (χ2v) is 8.98. The van der Waals surface area contributed by atoms with Gasteiger partial charge in [0, 0.05) is 23.5 Å². The Labute approximate surface area is 189 Å². The van der Waals surface area contributed by atoms with Crippen LogP contribution in [0.25, 0.3) is 0 Å². The predicted molar refractivity (Wildman–Crippen MR) is 120 cm³/mol. The first-order valence-corrected chi connectivity index (χ1v) is 10.8. The number of hydrogen-bond donors (Lipinski definition) is 0. The predicted octanol–water partition coefficient (Wildman–Crippen LogP) is 4.17. The molecule has 0 aromatic heterocycles. The van der Waals surface area contributed by atoms with Crippen molar-refractivity contribution in [3.05, 3.63) is 99.1 Å². The number of carbonyl (C=O) groups excluding carboxylic acids is 2. The van der Waals surface area contributed by atoms with Gasteiger partial charge in [-0.15, -0.1) is 0 Å². The summed E-state index contributed by atoms with van der Waals surface area (Å²) in [4.78, 5) is 39.9. The number of carbonyl (C=O) groups is 2. The fourth-order valence-corrected chi connectivity index (χ4v) is 6.36. The zero-order valence-electron chi connectivity index (χ0n) is 18.0. The minimum absolute atomic E-state index is 0.118. The number of benzene rings is 3. The zero-order valence-corrected chi connectivity index (χ0v) is 18.0. The van der Waals surface area contributed by atoms with Gasteiger partial charge in [-0.2, -0.15) is 0 Å². The number of anilines is 1. The Bertz CT molecular complexity index is 1330. The fourth-order valence-electron chi connectivity index (χ4n) is 6.36. The Morgan fingerprint density at radius 3 is 2.12 bits per heavy atom. The quantitative estimate of drug-likeness (QED) is 0.346. The molecular weight excluding hydrogens is 420 g/mol. The first kappa shape index (κ1) is 19.7. The van der Waals surface area contributed by atoms with Gasteiger partial charge in [-0.05, 0) is 28.3 Å². The third-order valence-electron chi connectivity index (χ3n) is 7.66. The lowest BCUT2D eigenvalue weighted by Gasteiger charge is -2.52. The number of non-ortho nitro benzene ring substituents is 1. The number of imide groups is 1. The molecule has 1 aliphatic heterocycles. The van der Waals surface area contributed by atoms with Crippen molar-refractivity contribution in [3.63, 3.8) is 0 Å². The Kier molecular flexibility index (Phi) is 3.88. The zero-order chi connectivity index (χ0) is 23.1. The fraction of sp³-hybridized carbons (Fsp3) is 0.231. The molecule has 1 heterocycles. The van der Waals surface area contributed by atoms with Crippen LogP contribution in [-0.4, -0.2) is 23.8 Å². The minimum Gasteiger partial charge on any atom is -0.495 e. The molecule has 1 saturated heterocycles. The molecule has 33 heavy (non-hydrogen) atoms. The summed E-state index contributed by atoms with van der Waals surface area (Å²) in [6, 6.07) is 20.0. The summed E-state index contributed by atoms with van der Waals surface area (Å²) in [5.41, 5.74) is 3.47. The van der Waals surface area contributed by atoms with Gasteiger partial charge in [0.05, 0.1) is 23.9 Å². The molecule has 2 atom stereocenters. The van der Waals surface area contributed by atoms with E-state index < -0.39 is 22.2 Å². The highest BCUT2D eigenvalue weighted by Crippen LogP contribution is 2.64. The highest BCUT2D eigenvalue weighted by Gasteiger charge is 2.66. The lowest BCUT2D eigenvalue weighted by Crippen LogP contribution is -2.51. The number of rotatable bonds is 3. The first-order chi connectivity index (χ1) is 15.9. The van der Waals surface area contributed by atoms with Crippen LogP contribution in [0.4, 0.5) is 11.4 Å². The molecule has 2 amide bonds. The molecule has 3 aromatic carbocycles. The molecule has 7 nitrogen and oxygen atoms in total. The van der Waals surface area contributed by atoms with E-state index in [0.717, 1.165) is 27.2 Å². The molecule has 0 spiro atoms. The molecule has 0 saturated carbocycles. The van der Waals surface area contributed by atoms with E-state index in [1.54, 1.807) is 0 Å². The summed E-state index contributed by atoms with van der Waals surface area (Å²) in [5.74, 6) is -1.90. The molecule has 7 rings (SSSR count). The molecule has 7 heteroatoms. The average molecular weight is 440 g/mol. The summed E-state index contributed by atoms with van der Waals surface area (Å²) >= 11 is 0. The summed E-state index contributed by atoms with van der Waals surface area (Å²) in [6.07, 6.45) is 0. The van der Waals surface area contributed by atoms with Crippen LogP contribution in [-0.2, 0) is 15.0 Å². The Morgan fingerprint density at radius 1 is 0.939 bits per heavy atom. The van der Waals surface area contributed by atoms with Crippen LogP contribution in [0.15, 0.2) is 66.7 Å². The SMILES string of the molecule is COc1ccc([N+](=O)[O-])cc1N1C(=O)[C@@H]2C3c4ccccc4C(C)(c4ccccc43)[C@@H]2C1=O. The first-order valence-electron chi connectivity index (χ1n) is 10.8. The number of amides is 2. The second-order valence-electron chi connectivity index (χ2n) is 8.98. The maximum Gasteiger partial charge on any atom is 0.271 e. The van der Waals surface area contributed by atoms with Gasteiger partial charge in [0.15, 0.2) is 0 Å². The Balaban J connectivity index is 1.59. The van der Waals surface area contributed by atoms with Gasteiger partial charge < -0.3 is 4.74 Å². The number of nitrogens with zero attached hydrogens (tertiary/aromatic N) is 2. The summed E-state index contributed by atoms with van der Waals surface area (Å²) in [7, 11) is 1.42. The maximum atomic E-state index is 14.0. The number of hydrogen-bond acceptors (Lipinski definition) is 5. The number of nitro groups is 1. The Hall–Kier alpha value is -4.00. The third-order valence-corrected chi connectivity index (χ3v) is 7.66. The largest absolute Gasteiger partial charge is 0.495 e. The summed E-state index contributed by atoms with van der Waals surface area (Å²) in [6.45, 7) is 2.04. The van der Waals surface area contributed by atoms with E-state index in [-0.39, 0.29) is 34.9 Å². The van der Waals surface area contributed by atoms with Crippen molar-refractivity contribution in [3.8, 4) is 5.75 Å². The molecule has 0 unspecified atom stereocenters. The molecule has 164 valence electrons. The van der Waals surface area contributed by atoms with Crippen molar-refractivity contribution < 1.29 is 19.2 Å². The number of ether oxygens (including phenoxy) is 1.